The largest absolute Gasteiger partial charge is 1.00 e. The van der Waals surface area contributed by atoms with Crippen LogP contribution in [-0.4, -0.2) is 102 Å². The van der Waals surface area contributed by atoms with Crippen LogP contribution >= 0.6 is 23.5 Å². The molecule has 0 unspecified atom stereocenters. The van der Waals surface area contributed by atoms with Crippen LogP contribution in [0.25, 0.3) is 21.8 Å². The molecule has 2 N–H and O–H groups in total. The van der Waals surface area contributed by atoms with E-state index in [1.807, 2.05) is 36.4 Å². The van der Waals surface area contributed by atoms with Crippen molar-refractivity contribution in [2.45, 2.75) is 31.1 Å². The number of para-hydroxylation sites is 2. The number of nitrogens with zero attached hydrogens (tertiary/aromatic N) is 6. The monoisotopic (exact) mass is 708 g/mol. The lowest BCUT2D eigenvalue weighted by molar-refractivity contribution is -0.886. The third-order valence-electron chi connectivity index (χ3n) is 6.43. The Bertz CT molecular complexity index is 1350. The SMILES string of the molecule is CCSc1nc(NCCN(C)C)c2ccccc2n1.CCSc1nc(NCC[N+](C)(C)CC)c2ccccc2n1.[I-]. The third kappa shape index (κ3) is 11.3. The fourth-order valence-electron chi connectivity index (χ4n) is 3.80. The Hall–Kier alpha value is -1.93. The van der Waals surface area contributed by atoms with Crippen LogP contribution in [0.5, 0.6) is 0 Å². The molecule has 0 spiro atoms. The maximum absolute atomic E-state index is 4.67. The summed E-state index contributed by atoms with van der Waals surface area (Å²) in [5, 5.41) is 10.8. The zero-order chi connectivity index (χ0) is 29.0. The topological polar surface area (TPSA) is 78.9 Å². The molecule has 0 amide bonds. The zero-order valence-electron chi connectivity index (χ0n) is 25.4. The first kappa shape index (κ1) is 35.3. The van der Waals surface area contributed by atoms with E-state index in [-0.39, 0.29) is 24.0 Å². The fourth-order valence-corrected chi connectivity index (χ4v) is 4.95. The highest BCUT2D eigenvalue weighted by molar-refractivity contribution is 7.99. The Kier molecular flexibility index (Phi) is 15.4. The molecule has 0 fully saturated rings. The Balaban J connectivity index is 0.000000281. The normalized spacial score (nSPS) is 11.2. The van der Waals surface area contributed by atoms with E-state index < -0.39 is 0 Å². The summed E-state index contributed by atoms with van der Waals surface area (Å²) in [6.07, 6.45) is 0. The van der Waals surface area contributed by atoms with Gasteiger partial charge in [0.25, 0.3) is 0 Å². The number of nitrogens with one attached hydrogen (secondary N) is 2. The van der Waals surface area contributed by atoms with E-state index in [1.165, 1.54) is 0 Å². The van der Waals surface area contributed by atoms with E-state index in [9.17, 15) is 0 Å². The van der Waals surface area contributed by atoms with Gasteiger partial charge < -0.3 is 44.0 Å². The van der Waals surface area contributed by atoms with E-state index in [1.54, 1.807) is 23.5 Å². The van der Waals surface area contributed by atoms with Gasteiger partial charge in [-0.1, -0.05) is 61.6 Å². The number of fused-ring (bicyclic) bond motifs is 2. The van der Waals surface area contributed by atoms with Crippen molar-refractivity contribution in [1.29, 1.82) is 0 Å². The summed E-state index contributed by atoms with van der Waals surface area (Å²) in [6, 6.07) is 16.3. The Morgan fingerprint density at radius 3 is 1.61 bits per heavy atom. The van der Waals surface area contributed by atoms with Crippen LogP contribution in [0, 0.1) is 0 Å². The van der Waals surface area contributed by atoms with Crippen LogP contribution < -0.4 is 34.6 Å². The second-order valence-corrected chi connectivity index (χ2v) is 12.7. The maximum Gasteiger partial charge on any atom is 0.190 e. The van der Waals surface area contributed by atoms with Crippen molar-refractivity contribution in [3.8, 4) is 0 Å². The molecule has 0 aliphatic carbocycles. The molecular weight excluding hydrogens is 663 g/mol. The molecule has 2 heterocycles. The van der Waals surface area contributed by atoms with Gasteiger partial charge in [0.2, 0.25) is 0 Å². The van der Waals surface area contributed by atoms with Gasteiger partial charge in [0.1, 0.15) is 11.6 Å². The summed E-state index contributed by atoms with van der Waals surface area (Å²) in [4.78, 5) is 20.6. The van der Waals surface area contributed by atoms with Gasteiger partial charge >= 0.3 is 0 Å². The highest BCUT2D eigenvalue weighted by Gasteiger charge is 2.13. The van der Waals surface area contributed by atoms with Crippen molar-refractivity contribution in [2.24, 2.45) is 0 Å². The molecule has 0 aliphatic rings. The summed E-state index contributed by atoms with van der Waals surface area (Å²) < 4.78 is 1.01. The van der Waals surface area contributed by atoms with E-state index in [2.05, 4.69) is 96.6 Å². The van der Waals surface area contributed by atoms with Crippen molar-refractivity contribution in [1.82, 2.24) is 24.8 Å². The molecule has 0 aliphatic heterocycles. The summed E-state index contributed by atoms with van der Waals surface area (Å²) in [6.45, 7) is 11.4. The molecule has 2 aromatic heterocycles. The minimum absolute atomic E-state index is 0. The quantitative estimate of drug-likeness (QED) is 0.0945. The second-order valence-electron chi connectivity index (χ2n) is 10.2. The molecule has 41 heavy (non-hydrogen) atoms. The van der Waals surface area contributed by atoms with Crippen LogP contribution in [0.2, 0.25) is 0 Å². The summed E-state index contributed by atoms with van der Waals surface area (Å²) in [5.41, 5.74) is 2.01. The van der Waals surface area contributed by atoms with Crippen LogP contribution in [0.1, 0.15) is 20.8 Å². The summed E-state index contributed by atoms with van der Waals surface area (Å²) >= 11 is 3.35. The number of rotatable bonds is 13. The zero-order valence-corrected chi connectivity index (χ0v) is 29.2. The lowest BCUT2D eigenvalue weighted by Gasteiger charge is -2.28. The Morgan fingerprint density at radius 1 is 0.707 bits per heavy atom. The number of benzene rings is 2. The average Bonchev–Trinajstić information content (AvgIpc) is 2.93. The highest BCUT2D eigenvalue weighted by Crippen LogP contribution is 2.25. The minimum Gasteiger partial charge on any atom is -1.00 e. The van der Waals surface area contributed by atoms with Crippen LogP contribution in [-0.2, 0) is 0 Å². The highest BCUT2D eigenvalue weighted by atomic mass is 127. The lowest BCUT2D eigenvalue weighted by atomic mass is 10.2. The molecule has 0 radical (unpaired) electrons. The van der Waals surface area contributed by atoms with E-state index in [0.717, 1.165) is 92.5 Å². The van der Waals surface area contributed by atoms with E-state index >= 15 is 0 Å². The van der Waals surface area contributed by atoms with Gasteiger partial charge in [0.05, 0.1) is 44.8 Å². The van der Waals surface area contributed by atoms with Gasteiger partial charge in [-0.05, 0) is 56.8 Å². The number of halogens is 1. The second kappa shape index (κ2) is 17.9. The predicted octanol–water partition coefficient (Wildman–Crippen LogP) is 2.97. The van der Waals surface area contributed by atoms with Gasteiger partial charge in [0, 0.05) is 23.9 Å². The lowest BCUT2D eigenvalue weighted by Crippen LogP contribution is -3.00. The molecule has 0 saturated carbocycles. The van der Waals surface area contributed by atoms with Gasteiger partial charge in [-0.2, -0.15) is 0 Å². The molecule has 2 aromatic carbocycles. The number of anilines is 2. The fraction of sp³-hybridized carbons (Fsp3) is 0.467. The van der Waals surface area contributed by atoms with Gasteiger partial charge in [-0.15, -0.1) is 0 Å². The van der Waals surface area contributed by atoms with Crippen molar-refractivity contribution < 1.29 is 28.5 Å². The minimum atomic E-state index is 0. The Labute approximate surface area is 271 Å². The van der Waals surface area contributed by atoms with Crippen molar-refractivity contribution in [2.75, 3.05) is 83.1 Å². The van der Waals surface area contributed by atoms with E-state index in [4.69, 9.17) is 0 Å². The van der Waals surface area contributed by atoms with Crippen molar-refractivity contribution in [3.63, 3.8) is 0 Å². The molecule has 8 nitrogen and oxygen atoms in total. The van der Waals surface area contributed by atoms with Gasteiger partial charge in [-0.3, -0.25) is 0 Å². The number of hydrogen-bond donors (Lipinski definition) is 2. The van der Waals surface area contributed by atoms with Gasteiger partial charge in [0.15, 0.2) is 10.3 Å². The molecule has 4 aromatic rings. The van der Waals surface area contributed by atoms with Crippen LogP contribution in [0.4, 0.5) is 11.6 Å². The molecule has 0 saturated heterocycles. The van der Waals surface area contributed by atoms with Crippen molar-refractivity contribution >= 4 is 57.0 Å². The first-order chi connectivity index (χ1) is 19.3. The standard InChI is InChI=1S/C16H25N4S.C14H20N4S.HI/c1-5-20(3,4)12-11-17-15-13-9-7-8-10-14(13)18-16(19-15)21-6-2;1-4-19-14-16-12-8-6-5-7-11(12)13(17-14)15-9-10-18(2)3;/h7-10H,5-6,11-12H2,1-4H3,(H,17,18,19);5-8H,4,9-10H2,1-3H3,(H,15,16,17);1H/q+1;;/p-1. The number of aromatic nitrogens is 4. The molecule has 0 atom stereocenters. The Morgan fingerprint density at radius 2 is 1.17 bits per heavy atom. The molecule has 11 heteroatoms. The van der Waals surface area contributed by atoms with Crippen LogP contribution in [0.3, 0.4) is 0 Å². The molecule has 0 bridgehead atoms. The number of thioether (sulfide) groups is 2. The molecule has 4 rings (SSSR count). The first-order valence-corrected chi connectivity index (χ1v) is 16.0. The van der Waals surface area contributed by atoms with E-state index in [0.29, 0.717) is 0 Å². The number of hydrogen-bond acceptors (Lipinski definition) is 9. The smallest absolute Gasteiger partial charge is 0.190 e. The average molecular weight is 709 g/mol. The van der Waals surface area contributed by atoms with Gasteiger partial charge in [-0.25, -0.2) is 19.9 Å². The molecular formula is C30H45IN8S2. The van der Waals surface area contributed by atoms with Crippen LogP contribution in [0.15, 0.2) is 58.8 Å². The summed E-state index contributed by atoms with van der Waals surface area (Å²) in [5.74, 6) is 3.85. The predicted molar refractivity (Wildman–Crippen MR) is 175 cm³/mol. The summed E-state index contributed by atoms with van der Waals surface area (Å²) in [7, 11) is 8.63. The number of likely N-dealkylation sites (N-methyl/N-ethyl adjacent to an activating group) is 2. The first-order valence-electron chi connectivity index (χ1n) is 14.0. The third-order valence-corrected chi connectivity index (χ3v) is 7.89. The number of quaternary nitrogens is 1. The maximum atomic E-state index is 4.67. The molecule has 224 valence electrons. The van der Waals surface area contributed by atoms with Crippen molar-refractivity contribution in [3.05, 3.63) is 48.5 Å².